The summed E-state index contributed by atoms with van der Waals surface area (Å²) >= 11 is 0. The van der Waals surface area contributed by atoms with Gasteiger partial charge in [0.25, 0.3) is 5.91 Å². The first-order valence-electron chi connectivity index (χ1n) is 6.91. The number of carbonyl (C=O) groups is 2. The molecule has 0 aromatic carbocycles. The number of nitriles is 1. The standard InChI is InChI=1S/C14H21N3O4/c1-4-20-13(18)7-16-6-12(5-15)14(19)17-8-10(2)21-11(3)9-17/h6,10-11,16H,4,7-9H2,1-3H3/b12-6-. The van der Waals surface area contributed by atoms with Gasteiger partial charge in [-0.15, -0.1) is 0 Å². The van der Waals surface area contributed by atoms with Crippen LogP contribution in [0.5, 0.6) is 0 Å². The highest BCUT2D eigenvalue weighted by atomic mass is 16.5. The first-order chi connectivity index (χ1) is 9.97. The molecule has 1 heterocycles. The molecule has 1 aliphatic rings. The van der Waals surface area contributed by atoms with Gasteiger partial charge in [-0.25, -0.2) is 0 Å². The maximum absolute atomic E-state index is 12.2. The average Bonchev–Trinajstić information content (AvgIpc) is 2.42. The summed E-state index contributed by atoms with van der Waals surface area (Å²) < 4.78 is 10.3. The Morgan fingerprint density at radius 3 is 2.57 bits per heavy atom. The topological polar surface area (TPSA) is 91.7 Å². The van der Waals surface area contributed by atoms with Gasteiger partial charge in [-0.2, -0.15) is 5.26 Å². The van der Waals surface area contributed by atoms with Crippen molar-refractivity contribution >= 4 is 11.9 Å². The van der Waals surface area contributed by atoms with E-state index in [9.17, 15) is 9.59 Å². The van der Waals surface area contributed by atoms with E-state index in [1.165, 1.54) is 6.20 Å². The summed E-state index contributed by atoms with van der Waals surface area (Å²) in [4.78, 5) is 25.0. The molecule has 0 spiro atoms. The van der Waals surface area contributed by atoms with Gasteiger partial charge in [0.15, 0.2) is 0 Å². The summed E-state index contributed by atoms with van der Waals surface area (Å²) in [6, 6.07) is 1.85. The number of morpholine rings is 1. The quantitative estimate of drug-likeness (QED) is 0.442. The fourth-order valence-corrected chi connectivity index (χ4v) is 2.10. The van der Waals surface area contributed by atoms with E-state index in [2.05, 4.69) is 5.32 Å². The minimum atomic E-state index is -0.438. The van der Waals surface area contributed by atoms with Gasteiger partial charge in [-0.3, -0.25) is 9.59 Å². The normalized spacial score (nSPS) is 22.4. The lowest BCUT2D eigenvalue weighted by Crippen LogP contribution is -2.48. The second-order valence-corrected chi connectivity index (χ2v) is 4.82. The second kappa shape index (κ2) is 8.27. The summed E-state index contributed by atoms with van der Waals surface area (Å²) in [5, 5.41) is 11.7. The number of carbonyl (C=O) groups excluding carboxylic acids is 2. The first-order valence-corrected chi connectivity index (χ1v) is 6.91. The third kappa shape index (κ3) is 5.44. The largest absolute Gasteiger partial charge is 0.465 e. The molecule has 7 heteroatoms. The number of hydrogen-bond donors (Lipinski definition) is 1. The number of nitrogens with zero attached hydrogens (tertiary/aromatic N) is 2. The lowest BCUT2D eigenvalue weighted by Gasteiger charge is -2.35. The molecule has 1 aliphatic heterocycles. The van der Waals surface area contributed by atoms with Crippen molar-refractivity contribution in [1.29, 1.82) is 5.26 Å². The molecular formula is C14H21N3O4. The minimum Gasteiger partial charge on any atom is -0.465 e. The Labute approximate surface area is 124 Å². The lowest BCUT2D eigenvalue weighted by molar-refractivity contribution is -0.142. The van der Waals surface area contributed by atoms with Crippen LogP contribution in [-0.4, -0.2) is 55.2 Å². The van der Waals surface area contributed by atoms with Crippen molar-refractivity contribution < 1.29 is 19.1 Å². The molecule has 0 aromatic heterocycles. The Balaban J connectivity index is 2.60. The average molecular weight is 295 g/mol. The molecule has 0 radical (unpaired) electrons. The summed E-state index contributed by atoms with van der Waals surface area (Å²) in [5.41, 5.74) is -0.0411. The maximum Gasteiger partial charge on any atom is 0.325 e. The lowest BCUT2D eigenvalue weighted by atomic mass is 10.2. The van der Waals surface area contributed by atoms with Crippen molar-refractivity contribution in [3.05, 3.63) is 11.8 Å². The van der Waals surface area contributed by atoms with E-state index < -0.39 is 5.97 Å². The van der Waals surface area contributed by atoms with Crippen LogP contribution in [0.4, 0.5) is 0 Å². The Morgan fingerprint density at radius 1 is 1.43 bits per heavy atom. The van der Waals surface area contributed by atoms with Crippen LogP contribution >= 0.6 is 0 Å². The highest BCUT2D eigenvalue weighted by molar-refractivity contribution is 5.97. The molecule has 1 fully saturated rings. The zero-order chi connectivity index (χ0) is 15.8. The summed E-state index contributed by atoms with van der Waals surface area (Å²) in [7, 11) is 0. The number of rotatable bonds is 5. The zero-order valence-electron chi connectivity index (χ0n) is 12.6. The molecule has 0 saturated carbocycles. The molecule has 116 valence electrons. The summed E-state index contributed by atoms with van der Waals surface area (Å²) in [5.74, 6) is -0.803. The van der Waals surface area contributed by atoms with Crippen LogP contribution in [0.3, 0.4) is 0 Å². The maximum atomic E-state index is 12.2. The van der Waals surface area contributed by atoms with E-state index in [0.717, 1.165) is 0 Å². The van der Waals surface area contributed by atoms with Crippen molar-refractivity contribution in [2.45, 2.75) is 33.0 Å². The van der Waals surface area contributed by atoms with E-state index >= 15 is 0 Å². The SMILES string of the molecule is CCOC(=O)CN/C=C(/C#N)C(=O)N1CC(C)OC(C)C1. The molecular weight excluding hydrogens is 274 g/mol. The molecule has 2 atom stereocenters. The Kier molecular flexibility index (Phi) is 6.69. The van der Waals surface area contributed by atoms with Gasteiger partial charge in [0.1, 0.15) is 18.2 Å². The number of esters is 1. The van der Waals surface area contributed by atoms with Gasteiger partial charge >= 0.3 is 5.97 Å². The van der Waals surface area contributed by atoms with Gasteiger partial charge in [0, 0.05) is 19.3 Å². The van der Waals surface area contributed by atoms with Crippen LogP contribution in [-0.2, 0) is 19.1 Å². The number of nitrogens with one attached hydrogen (secondary N) is 1. The number of hydrogen-bond acceptors (Lipinski definition) is 6. The van der Waals surface area contributed by atoms with Crippen molar-refractivity contribution in [1.82, 2.24) is 10.2 Å². The smallest absolute Gasteiger partial charge is 0.325 e. The molecule has 0 aliphatic carbocycles. The predicted octanol–water partition coefficient (Wildman–Crippen LogP) is 0.182. The van der Waals surface area contributed by atoms with Gasteiger partial charge < -0.3 is 19.7 Å². The van der Waals surface area contributed by atoms with Gasteiger partial charge in [0.2, 0.25) is 0 Å². The van der Waals surface area contributed by atoms with Crippen LogP contribution in [0, 0.1) is 11.3 Å². The monoisotopic (exact) mass is 295 g/mol. The highest BCUT2D eigenvalue weighted by Crippen LogP contribution is 2.13. The fraction of sp³-hybridized carbons (Fsp3) is 0.643. The molecule has 7 nitrogen and oxygen atoms in total. The molecule has 1 amide bonds. The fourth-order valence-electron chi connectivity index (χ4n) is 2.10. The van der Waals surface area contributed by atoms with E-state index in [1.807, 2.05) is 19.9 Å². The van der Waals surface area contributed by atoms with Crippen LogP contribution in [0.2, 0.25) is 0 Å². The Bertz CT molecular complexity index is 446. The van der Waals surface area contributed by atoms with E-state index in [0.29, 0.717) is 13.1 Å². The van der Waals surface area contributed by atoms with Crippen LogP contribution in [0.1, 0.15) is 20.8 Å². The predicted molar refractivity (Wildman–Crippen MR) is 74.9 cm³/mol. The molecule has 1 saturated heterocycles. The Morgan fingerprint density at radius 2 is 2.05 bits per heavy atom. The van der Waals surface area contributed by atoms with E-state index in [1.54, 1.807) is 11.8 Å². The van der Waals surface area contributed by atoms with Crippen molar-refractivity contribution in [3.63, 3.8) is 0 Å². The van der Waals surface area contributed by atoms with Crippen molar-refractivity contribution in [2.24, 2.45) is 0 Å². The molecule has 21 heavy (non-hydrogen) atoms. The molecule has 0 bridgehead atoms. The van der Waals surface area contributed by atoms with Crippen molar-refractivity contribution in [3.8, 4) is 6.07 Å². The minimum absolute atomic E-state index is 0.0411. The van der Waals surface area contributed by atoms with Crippen LogP contribution < -0.4 is 5.32 Å². The highest BCUT2D eigenvalue weighted by Gasteiger charge is 2.27. The van der Waals surface area contributed by atoms with Gasteiger partial charge in [-0.05, 0) is 20.8 Å². The Hall–Kier alpha value is -2.07. The van der Waals surface area contributed by atoms with Crippen LogP contribution in [0.25, 0.3) is 0 Å². The van der Waals surface area contributed by atoms with Gasteiger partial charge in [-0.1, -0.05) is 0 Å². The molecule has 1 rings (SSSR count). The molecule has 2 unspecified atom stereocenters. The first kappa shape index (κ1) is 17.0. The summed E-state index contributed by atoms with van der Waals surface area (Å²) in [6.45, 7) is 6.56. The molecule has 1 N–H and O–H groups in total. The van der Waals surface area contributed by atoms with Gasteiger partial charge in [0.05, 0.1) is 18.8 Å². The zero-order valence-corrected chi connectivity index (χ0v) is 12.6. The third-order valence-corrected chi connectivity index (χ3v) is 2.86. The van der Waals surface area contributed by atoms with E-state index in [-0.39, 0.29) is 36.8 Å². The summed E-state index contributed by atoms with van der Waals surface area (Å²) in [6.07, 6.45) is 1.12. The van der Waals surface area contributed by atoms with E-state index in [4.69, 9.17) is 14.7 Å². The molecule has 0 aromatic rings. The van der Waals surface area contributed by atoms with Crippen molar-refractivity contribution in [2.75, 3.05) is 26.2 Å². The number of ether oxygens (including phenoxy) is 2. The third-order valence-electron chi connectivity index (χ3n) is 2.86. The number of amides is 1. The second-order valence-electron chi connectivity index (χ2n) is 4.82. The van der Waals surface area contributed by atoms with Crippen LogP contribution in [0.15, 0.2) is 11.8 Å².